The van der Waals surface area contributed by atoms with Crippen LogP contribution < -0.4 is 0 Å². The maximum absolute atomic E-state index is 13.4. The van der Waals surface area contributed by atoms with Crippen molar-refractivity contribution in [2.24, 2.45) is 5.92 Å². The van der Waals surface area contributed by atoms with Gasteiger partial charge in [-0.25, -0.2) is 0 Å². The standard InChI is InChI=1S/C24H29N3O2/c1-18-9-11-19(12-10-18)22-21(8-5-13-25-22)24(29)27-16-6-7-20(17-27)23(28)26-14-3-2-4-15-26/h5,8-13,20H,2-4,6-7,14-17H2,1H3. The minimum atomic E-state index is -0.0784. The second-order valence-corrected chi connectivity index (χ2v) is 8.24. The van der Waals surface area contributed by atoms with Crippen molar-refractivity contribution in [1.29, 1.82) is 0 Å². The zero-order valence-electron chi connectivity index (χ0n) is 17.1. The molecule has 2 aliphatic heterocycles. The molecule has 1 unspecified atom stereocenters. The molecule has 5 heteroatoms. The van der Waals surface area contributed by atoms with E-state index < -0.39 is 0 Å². The number of nitrogens with zero attached hydrogens (tertiary/aromatic N) is 3. The molecule has 0 radical (unpaired) electrons. The van der Waals surface area contributed by atoms with Gasteiger partial charge in [0, 0.05) is 37.9 Å². The first kappa shape index (κ1) is 19.6. The van der Waals surface area contributed by atoms with E-state index in [9.17, 15) is 9.59 Å². The summed E-state index contributed by atoms with van der Waals surface area (Å²) >= 11 is 0. The molecule has 2 saturated heterocycles. The Morgan fingerprint density at radius 3 is 2.41 bits per heavy atom. The minimum Gasteiger partial charge on any atom is -0.342 e. The molecule has 0 bridgehead atoms. The third kappa shape index (κ3) is 4.34. The Morgan fingerprint density at radius 2 is 1.66 bits per heavy atom. The van der Waals surface area contributed by atoms with Gasteiger partial charge in [-0.2, -0.15) is 0 Å². The summed E-state index contributed by atoms with van der Waals surface area (Å²) in [5, 5.41) is 0. The summed E-state index contributed by atoms with van der Waals surface area (Å²) in [6.07, 6.45) is 6.87. The zero-order valence-corrected chi connectivity index (χ0v) is 17.1. The number of hydrogen-bond acceptors (Lipinski definition) is 3. The summed E-state index contributed by atoms with van der Waals surface area (Å²) in [5.41, 5.74) is 3.44. The Kier molecular flexibility index (Phi) is 5.93. The quantitative estimate of drug-likeness (QED) is 0.797. The van der Waals surface area contributed by atoms with Crippen molar-refractivity contribution in [3.63, 3.8) is 0 Å². The summed E-state index contributed by atoms with van der Waals surface area (Å²) in [5.74, 6) is 0.127. The van der Waals surface area contributed by atoms with Gasteiger partial charge in [-0.05, 0) is 51.2 Å². The third-order valence-electron chi connectivity index (χ3n) is 6.09. The molecule has 152 valence electrons. The average molecular weight is 392 g/mol. The van der Waals surface area contributed by atoms with Gasteiger partial charge in [0.05, 0.1) is 17.2 Å². The second kappa shape index (κ2) is 8.76. The van der Waals surface area contributed by atoms with Crippen LogP contribution in [0.4, 0.5) is 0 Å². The van der Waals surface area contributed by atoms with Crippen LogP contribution in [0.3, 0.4) is 0 Å². The average Bonchev–Trinajstić information content (AvgIpc) is 2.79. The van der Waals surface area contributed by atoms with Gasteiger partial charge < -0.3 is 9.80 Å². The number of piperidine rings is 2. The highest BCUT2D eigenvalue weighted by atomic mass is 16.2. The number of aromatic nitrogens is 1. The van der Waals surface area contributed by atoms with Crippen LogP contribution in [0.25, 0.3) is 11.3 Å². The molecule has 2 fully saturated rings. The lowest BCUT2D eigenvalue weighted by atomic mass is 9.94. The van der Waals surface area contributed by atoms with Gasteiger partial charge in [-0.1, -0.05) is 29.8 Å². The van der Waals surface area contributed by atoms with Crippen LogP contribution in [0, 0.1) is 12.8 Å². The Hall–Kier alpha value is -2.69. The number of carbonyl (C=O) groups excluding carboxylic acids is 2. The number of benzene rings is 1. The first-order valence-corrected chi connectivity index (χ1v) is 10.7. The summed E-state index contributed by atoms with van der Waals surface area (Å²) in [4.78, 5) is 34.7. The lowest BCUT2D eigenvalue weighted by Crippen LogP contribution is -2.48. The largest absolute Gasteiger partial charge is 0.342 e. The molecule has 5 nitrogen and oxygen atoms in total. The Balaban J connectivity index is 1.52. The first-order valence-electron chi connectivity index (χ1n) is 10.7. The van der Waals surface area contributed by atoms with Crippen molar-refractivity contribution >= 4 is 11.8 Å². The summed E-state index contributed by atoms with van der Waals surface area (Å²) in [7, 11) is 0. The molecule has 2 aromatic rings. The van der Waals surface area contributed by atoms with Gasteiger partial charge in [0.2, 0.25) is 5.91 Å². The summed E-state index contributed by atoms with van der Waals surface area (Å²) in [6.45, 7) is 4.98. The van der Waals surface area contributed by atoms with Crippen LogP contribution in [0.5, 0.6) is 0 Å². The van der Waals surface area contributed by atoms with E-state index in [0.717, 1.165) is 44.3 Å². The maximum Gasteiger partial charge on any atom is 0.256 e. The van der Waals surface area contributed by atoms with Crippen LogP contribution in [-0.4, -0.2) is 52.8 Å². The van der Waals surface area contributed by atoms with Crippen LogP contribution in [0.1, 0.15) is 48.0 Å². The third-order valence-corrected chi connectivity index (χ3v) is 6.09. The molecule has 29 heavy (non-hydrogen) atoms. The van der Waals surface area contributed by atoms with E-state index >= 15 is 0 Å². The topological polar surface area (TPSA) is 53.5 Å². The van der Waals surface area contributed by atoms with Gasteiger partial charge in [-0.3, -0.25) is 14.6 Å². The highest BCUT2D eigenvalue weighted by molar-refractivity contribution is 6.00. The predicted octanol–water partition coefficient (Wildman–Crippen LogP) is 3.92. The fourth-order valence-corrected chi connectivity index (χ4v) is 4.43. The summed E-state index contributed by atoms with van der Waals surface area (Å²) in [6, 6.07) is 11.7. The Bertz CT molecular complexity index is 872. The molecule has 4 rings (SSSR count). The number of pyridine rings is 1. The van der Waals surface area contributed by atoms with E-state index in [1.807, 2.05) is 53.1 Å². The lowest BCUT2D eigenvalue weighted by molar-refractivity contribution is -0.137. The molecule has 3 heterocycles. The van der Waals surface area contributed by atoms with Gasteiger partial charge >= 0.3 is 0 Å². The fourth-order valence-electron chi connectivity index (χ4n) is 4.43. The first-order chi connectivity index (χ1) is 14.1. The predicted molar refractivity (Wildman–Crippen MR) is 113 cm³/mol. The van der Waals surface area contributed by atoms with Crippen LogP contribution in [0.15, 0.2) is 42.6 Å². The molecule has 0 saturated carbocycles. The number of carbonyl (C=O) groups is 2. The number of rotatable bonds is 3. The number of amides is 2. The van der Waals surface area contributed by atoms with Gasteiger partial charge in [0.15, 0.2) is 0 Å². The molecular formula is C24H29N3O2. The highest BCUT2D eigenvalue weighted by Crippen LogP contribution is 2.26. The van der Waals surface area contributed by atoms with E-state index in [1.54, 1.807) is 6.20 Å². The molecule has 0 N–H and O–H groups in total. The van der Waals surface area contributed by atoms with E-state index in [-0.39, 0.29) is 17.7 Å². The zero-order chi connectivity index (χ0) is 20.2. The molecule has 2 aliphatic rings. The molecule has 1 aromatic carbocycles. The Labute approximate surface area is 172 Å². The van der Waals surface area contributed by atoms with Gasteiger partial charge in [0.1, 0.15) is 0 Å². The normalized spacial score (nSPS) is 19.8. The second-order valence-electron chi connectivity index (χ2n) is 8.24. The highest BCUT2D eigenvalue weighted by Gasteiger charge is 2.32. The van der Waals surface area contributed by atoms with Crippen molar-refractivity contribution in [3.05, 3.63) is 53.7 Å². The molecular weight excluding hydrogens is 362 g/mol. The fraction of sp³-hybridized carbons (Fsp3) is 0.458. The molecule has 0 aliphatic carbocycles. The van der Waals surface area contributed by atoms with Gasteiger partial charge in [0.25, 0.3) is 5.91 Å². The van der Waals surface area contributed by atoms with Crippen molar-refractivity contribution in [2.45, 2.75) is 39.0 Å². The number of hydrogen-bond donors (Lipinski definition) is 0. The minimum absolute atomic E-state index is 0.0233. The maximum atomic E-state index is 13.4. The molecule has 1 aromatic heterocycles. The van der Waals surface area contributed by atoms with Gasteiger partial charge in [-0.15, -0.1) is 0 Å². The van der Waals surface area contributed by atoms with E-state index in [0.29, 0.717) is 24.3 Å². The van der Waals surface area contributed by atoms with Crippen molar-refractivity contribution in [3.8, 4) is 11.3 Å². The van der Waals surface area contributed by atoms with Crippen molar-refractivity contribution < 1.29 is 9.59 Å². The van der Waals surface area contributed by atoms with Crippen LogP contribution >= 0.6 is 0 Å². The SMILES string of the molecule is Cc1ccc(-c2ncccc2C(=O)N2CCCC(C(=O)N3CCCCC3)C2)cc1. The number of likely N-dealkylation sites (tertiary alicyclic amines) is 2. The van der Waals surface area contributed by atoms with E-state index in [1.165, 1.54) is 12.0 Å². The number of aryl methyl sites for hydroxylation is 1. The smallest absolute Gasteiger partial charge is 0.256 e. The van der Waals surface area contributed by atoms with E-state index in [2.05, 4.69) is 4.98 Å². The van der Waals surface area contributed by atoms with Crippen LogP contribution in [-0.2, 0) is 4.79 Å². The molecule has 1 atom stereocenters. The lowest BCUT2D eigenvalue weighted by Gasteiger charge is -2.36. The van der Waals surface area contributed by atoms with Crippen molar-refractivity contribution in [2.75, 3.05) is 26.2 Å². The molecule has 0 spiro atoms. The summed E-state index contributed by atoms with van der Waals surface area (Å²) < 4.78 is 0. The van der Waals surface area contributed by atoms with Crippen LogP contribution in [0.2, 0.25) is 0 Å². The Morgan fingerprint density at radius 1 is 0.931 bits per heavy atom. The van der Waals surface area contributed by atoms with Crippen molar-refractivity contribution in [1.82, 2.24) is 14.8 Å². The van der Waals surface area contributed by atoms with E-state index in [4.69, 9.17) is 0 Å². The monoisotopic (exact) mass is 391 g/mol. The molecule has 2 amide bonds.